The van der Waals surface area contributed by atoms with Gasteiger partial charge in [-0.1, -0.05) is 47.6 Å². The highest BCUT2D eigenvalue weighted by atomic mass is 16.6. The van der Waals surface area contributed by atoms with E-state index in [1.807, 2.05) is 55.5 Å². The highest BCUT2D eigenvalue weighted by molar-refractivity contribution is 5.97. The van der Waals surface area contributed by atoms with Gasteiger partial charge in [0, 0.05) is 5.56 Å². The summed E-state index contributed by atoms with van der Waals surface area (Å²) in [6, 6.07) is 17.0. The fraction of sp³-hybridized carbons (Fsp3) is 0.111. The van der Waals surface area contributed by atoms with Crippen molar-refractivity contribution in [3.63, 3.8) is 0 Å². The third-order valence-corrected chi connectivity index (χ3v) is 3.88. The first-order valence-corrected chi connectivity index (χ1v) is 7.32. The van der Waals surface area contributed by atoms with Crippen LogP contribution < -0.4 is 5.32 Å². The van der Waals surface area contributed by atoms with Gasteiger partial charge >= 0.3 is 5.97 Å². The molecular weight excluding hydrogens is 292 g/mol. The van der Waals surface area contributed by atoms with Crippen molar-refractivity contribution in [3.05, 3.63) is 71.5 Å². The van der Waals surface area contributed by atoms with Crippen molar-refractivity contribution in [1.82, 2.24) is 5.16 Å². The largest absolute Gasteiger partial charge is 0.433 e. The third-order valence-electron chi connectivity index (χ3n) is 3.88. The zero-order chi connectivity index (χ0) is 15.8. The number of rotatable bonds is 2. The average molecular weight is 306 g/mol. The van der Waals surface area contributed by atoms with Gasteiger partial charge < -0.3 is 14.6 Å². The maximum Gasteiger partial charge on any atom is 0.342 e. The zero-order valence-corrected chi connectivity index (χ0v) is 12.4. The van der Waals surface area contributed by atoms with E-state index in [1.165, 1.54) is 0 Å². The summed E-state index contributed by atoms with van der Waals surface area (Å²) in [5, 5.41) is 7.37. The Morgan fingerprint density at radius 3 is 2.61 bits per heavy atom. The second-order valence-corrected chi connectivity index (χ2v) is 5.34. The Kier molecular flexibility index (Phi) is 3.12. The van der Waals surface area contributed by atoms with Crippen molar-refractivity contribution >= 4 is 11.7 Å². The summed E-state index contributed by atoms with van der Waals surface area (Å²) in [7, 11) is 0. The number of esters is 1. The molecule has 1 unspecified atom stereocenters. The number of fused-ring (bicyclic) bond motifs is 1. The summed E-state index contributed by atoms with van der Waals surface area (Å²) in [5.41, 5.74) is 3.59. The predicted octanol–water partition coefficient (Wildman–Crippen LogP) is 3.93. The lowest BCUT2D eigenvalue weighted by atomic mass is 10.0. The number of carbonyl (C=O) groups is 1. The van der Waals surface area contributed by atoms with Crippen LogP contribution in [-0.2, 0) is 4.74 Å². The topological polar surface area (TPSA) is 64.4 Å². The number of aryl methyl sites for hydroxylation is 1. The molecule has 0 spiro atoms. The minimum absolute atomic E-state index is 0.357. The Hall–Kier alpha value is -3.08. The van der Waals surface area contributed by atoms with Gasteiger partial charge in [-0.3, -0.25) is 0 Å². The highest BCUT2D eigenvalue weighted by Crippen LogP contribution is 2.36. The molecule has 4 rings (SSSR count). The second-order valence-electron chi connectivity index (χ2n) is 5.34. The number of benzene rings is 2. The molecule has 2 heterocycles. The molecule has 0 fully saturated rings. The number of hydrogen-bond donors (Lipinski definition) is 1. The zero-order valence-electron chi connectivity index (χ0n) is 12.4. The molecule has 1 atom stereocenters. The molecule has 1 aromatic heterocycles. The van der Waals surface area contributed by atoms with Crippen LogP contribution in [0, 0.1) is 6.92 Å². The second kappa shape index (κ2) is 5.28. The summed E-state index contributed by atoms with van der Waals surface area (Å²) in [4.78, 5) is 12.2. The van der Waals surface area contributed by atoms with Crippen LogP contribution in [0.1, 0.15) is 27.9 Å². The molecule has 1 aliphatic heterocycles. The van der Waals surface area contributed by atoms with Gasteiger partial charge in [-0.25, -0.2) is 4.79 Å². The van der Waals surface area contributed by atoms with Gasteiger partial charge in [-0.05, 0) is 19.1 Å². The molecule has 0 aliphatic carbocycles. The predicted molar refractivity (Wildman–Crippen MR) is 84.9 cm³/mol. The summed E-state index contributed by atoms with van der Waals surface area (Å²) in [5.74, 6) is 0.262. The van der Waals surface area contributed by atoms with Crippen molar-refractivity contribution < 1.29 is 14.1 Å². The van der Waals surface area contributed by atoms with E-state index in [9.17, 15) is 4.79 Å². The van der Waals surface area contributed by atoms with Gasteiger partial charge in [0.2, 0.25) is 6.23 Å². The van der Waals surface area contributed by atoms with Crippen LogP contribution >= 0.6 is 0 Å². The van der Waals surface area contributed by atoms with Crippen molar-refractivity contribution in [2.75, 3.05) is 5.32 Å². The maximum absolute atomic E-state index is 12.2. The van der Waals surface area contributed by atoms with Crippen molar-refractivity contribution in [2.45, 2.75) is 13.2 Å². The molecule has 3 aromatic rings. The van der Waals surface area contributed by atoms with Gasteiger partial charge in [0.05, 0.1) is 16.8 Å². The molecule has 5 nitrogen and oxygen atoms in total. The van der Waals surface area contributed by atoms with E-state index in [2.05, 4.69) is 10.5 Å². The molecular formula is C18H14N2O3. The average Bonchev–Trinajstić information content (AvgIpc) is 2.97. The van der Waals surface area contributed by atoms with Crippen LogP contribution in [0.25, 0.3) is 11.3 Å². The van der Waals surface area contributed by atoms with Gasteiger partial charge in [0.1, 0.15) is 11.5 Å². The fourth-order valence-electron chi connectivity index (χ4n) is 2.75. The van der Waals surface area contributed by atoms with Gasteiger partial charge in [-0.2, -0.15) is 0 Å². The lowest BCUT2D eigenvalue weighted by molar-refractivity contribution is 0.0329. The highest BCUT2D eigenvalue weighted by Gasteiger charge is 2.32. The SMILES string of the molecule is Cc1onc(-c2ccccc2)c1C1Nc2ccccc2C(=O)O1. The van der Waals surface area contributed by atoms with Gasteiger partial charge in [-0.15, -0.1) is 0 Å². The number of aromatic nitrogens is 1. The van der Waals surface area contributed by atoms with Crippen LogP contribution in [0.2, 0.25) is 0 Å². The number of anilines is 1. The maximum atomic E-state index is 12.2. The standard InChI is InChI=1S/C18H14N2O3/c1-11-15(16(20-23-11)12-7-3-2-4-8-12)17-19-14-10-6-5-9-13(14)18(21)22-17/h2-10,17,19H,1H3. The Morgan fingerprint density at radius 2 is 1.78 bits per heavy atom. The Labute approximate surface area is 132 Å². The number of cyclic esters (lactones) is 1. The summed E-state index contributed by atoms with van der Waals surface area (Å²) >= 11 is 0. The number of ether oxygens (including phenoxy) is 1. The van der Waals surface area contributed by atoms with E-state index in [4.69, 9.17) is 9.26 Å². The Morgan fingerprint density at radius 1 is 1.04 bits per heavy atom. The number of nitrogens with zero attached hydrogens (tertiary/aromatic N) is 1. The lowest BCUT2D eigenvalue weighted by Gasteiger charge is -2.26. The smallest absolute Gasteiger partial charge is 0.342 e. The number of carbonyl (C=O) groups excluding carboxylic acids is 1. The quantitative estimate of drug-likeness (QED) is 0.727. The van der Waals surface area contributed by atoms with E-state index in [1.54, 1.807) is 6.07 Å². The van der Waals surface area contributed by atoms with E-state index >= 15 is 0 Å². The molecule has 0 bridgehead atoms. The first kappa shape index (κ1) is 13.6. The molecule has 23 heavy (non-hydrogen) atoms. The van der Waals surface area contributed by atoms with Crippen molar-refractivity contribution in [1.29, 1.82) is 0 Å². The third kappa shape index (κ3) is 2.26. The van der Waals surface area contributed by atoms with Crippen LogP contribution in [0.15, 0.2) is 59.1 Å². The molecule has 0 radical (unpaired) electrons. The summed E-state index contributed by atoms with van der Waals surface area (Å²) < 4.78 is 10.9. The van der Waals surface area contributed by atoms with E-state index < -0.39 is 6.23 Å². The molecule has 1 N–H and O–H groups in total. The molecule has 5 heteroatoms. The first-order chi connectivity index (χ1) is 11.2. The van der Waals surface area contributed by atoms with Crippen LogP contribution in [0.3, 0.4) is 0 Å². The normalized spacial score (nSPS) is 16.4. The van der Waals surface area contributed by atoms with Crippen molar-refractivity contribution in [2.24, 2.45) is 0 Å². The first-order valence-electron chi connectivity index (χ1n) is 7.32. The minimum Gasteiger partial charge on any atom is -0.433 e. The summed E-state index contributed by atoms with van der Waals surface area (Å²) in [6.07, 6.45) is -0.626. The van der Waals surface area contributed by atoms with E-state index in [0.29, 0.717) is 17.0 Å². The van der Waals surface area contributed by atoms with E-state index in [-0.39, 0.29) is 5.97 Å². The summed E-state index contributed by atoms with van der Waals surface area (Å²) in [6.45, 7) is 1.81. The molecule has 114 valence electrons. The monoisotopic (exact) mass is 306 g/mol. The minimum atomic E-state index is -0.626. The lowest BCUT2D eigenvalue weighted by Crippen LogP contribution is -2.26. The van der Waals surface area contributed by atoms with Crippen LogP contribution in [0.4, 0.5) is 5.69 Å². The molecule has 2 aromatic carbocycles. The number of hydrogen-bond acceptors (Lipinski definition) is 5. The van der Waals surface area contributed by atoms with Gasteiger partial charge in [0.15, 0.2) is 0 Å². The Bertz CT molecular complexity index is 871. The van der Waals surface area contributed by atoms with E-state index in [0.717, 1.165) is 16.8 Å². The molecule has 0 amide bonds. The van der Waals surface area contributed by atoms with Crippen molar-refractivity contribution in [3.8, 4) is 11.3 Å². The molecule has 0 saturated carbocycles. The van der Waals surface area contributed by atoms with Gasteiger partial charge in [0.25, 0.3) is 0 Å². The number of nitrogens with one attached hydrogen (secondary N) is 1. The Balaban J connectivity index is 1.78. The molecule has 1 aliphatic rings. The number of para-hydroxylation sites is 1. The fourth-order valence-corrected chi connectivity index (χ4v) is 2.75. The van der Waals surface area contributed by atoms with Crippen LogP contribution in [0.5, 0.6) is 0 Å². The molecule has 0 saturated heterocycles. The van der Waals surface area contributed by atoms with Crippen LogP contribution in [-0.4, -0.2) is 11.1 Å².